The number of anilines is 1. The van der Waals surface area contributed by atoms with Crippen LogP contribution in [-0.4, -0.2) is 68.2 Å². The molecule has 15 heteroatoms. The van der Waals surface area contributed by atoms with Crippen molar-refractivity contribution in [3.8, 4) is 0 Å². The number of thioether (sulfide) groups is 1. The number of fused-ring (bicyclic) bond motifs is 1. The van der Waals surface area contributed by atoms with Crippen molar-refractivity contribution in [2.24, 2.45) is 5.16 Å². The second kappa shape index (κ2) is 18.7. The van der Waals surface area contributed by atoms with E-state index in [1.54, 1.807) is 0 Å². The van der Waals surface area contributed by atoms with E-state index in [0.29, 0.717) is 11.9 Å². The normalized spacial score (nSPS) is 16.4. The van der Waals surface area contributed by atoms with Gasteiger partial charge in [-0.1, -0.05) is 120 Å². The fraction of sp³-hybridized carbons (Fsp3) is 0.136. The molecule has 0 aliphatic carbocycles. The van der Waals surface area contributed by atoms with Crippen LogP contribution in [0.3, 0.4) is 0 Å². The van der Waals surface area contributed by atoms with Gasteiger partial charge in [0.25, 0.3) is 11.8 Å². The molecular weight excluding hydrogens is 915 g/mol. The standard InChI is InChI=1S/C44H37N6O5PS2.HI/c1-54-48-35(39-47-44(45)58-49-39)40(51)46-36-41(52)50-37(43(53)55-38(29-17-7-2-8-18-29)30-19-9-3-10-20-30)31(28-57-42(36)50)27-56(32-21-11-4-12-22-32,33-23-13-5-14-24-33)34-25-15-6-16-26-34;/h2-26,36,38,42H,27-28H2,1H3,(H2-,45,46,47,49,51);1H/t36?,42-;/m1./s1. The Balaban J connectivity index is 0.00000528. The van der Waals surface area contributed by atoms with Gasteiger partial charge >= 0.3 is 5.97 Å². The molecule has 0 spiro atoms. The summed E-state index contributed by atoms with van der Waals surface area (Å²) in [6.45, 7) is 0. The molecule has 11 nitrogen and oxygen atoms in total. The van der Waals surface area contributed by atoms with Crippen molar-refractivity contribution >= 4 is 75.1 Å². The quantitative estimate of drug-likeness (QED) is 0.0445. The Bertz CT molecular complexity index is 2340. The first-order chi connectivity index (χ1) is 28.4. The molecule has 6 aromatic rings. The average Bonchev–Trinajstić information content (AvgIpc) is 3.72. The molecule has 3 N–H and O–H groups in total. The molecule has 8 rings (SSSR count). The largest absolute Gasteiger partial charge is 1.00 e. The maximum atomic E-state index is 15.1. The van der Waals surface area contributed by atoms with Gasteiger partial charge in [-0.25, -0.2) is 4.79 Å². The van der Waals surface area contributed by atoms with Crippen LogP contribution in [0.4, 0.5) is 5.13 Å². The van der Waals surface area contributed by atoms with Crippen LogP contribution in [0.15, 0.2) is 168 Å². The van der Waals surface area contributed by atoms with Crippen LogP contribution in [0.2, 0.25) is 0 Å². The number of aromatic nitrogens is 2. The number of halogens is 1. The van der Waals surface area contributed by atoms with Crippen molar-refractivity contribution in [3.63, 3.8) is 0 Å². The Morgan fingerprint density at radius 2 is 1.32 bits per heavy atom. The lowest BCUT2D eigenvalue weighted by Crippen LogP contribution is -3.00. The second-order valence-corrected chi connectivity index (χ2v) is 18.8. The zero-order chi connectivity index (χ0) is 40.1. The predicted molar refractivity (Wildman–Crippen MR) is 231 cm³/mol. The van der Waals surface area contributed by atoms with Gasteiger partial charge < -0.3 is 44.6 Å². The number of nitrogen functional groups attached to an aromatic ring is 1. The smallest absolute Gasteiger partial charge is 0.356 e. The minimum Gasteiger partial charge on any atom is -1.00 e. The number of rotatable bonds is 13. The first-order valence-electron chi connectivity index (χ1n) is 18.4. The SMILES string of the molecule is CON=C(C(=O)NC1C(=O)N2C(C(=O)OC(c3ccccc3)c3ccccc3)=C(C[P+](c3ccccc3)(c3ccccc3)c3ccccc3)CS[C@H]12)c1nsc(N)n1.[I-]. The van der Waals surface area contributed by atoms with Crippen LogP contribution >= 0.6 is 30.6 Å². The number of carbonyl (C=O) groups excluding carboxylic acids is 3. The number of β-lactam (4-membered cyclic amide) rings is 1. The number of hydrogen-bond donors (Lipinski definition) is 2. The molecule has 0 saturated carbocycles. The number of esters is 1. The first-order valence-corrected chi connectivity index (χ1v) is 22.2. The van der Waals surface area contributed by atoms with Crippen LogP contribution in [0.25, 0.3) is 0 Å². The summed E-state index contributed by atoms with van der Waals surface area (Å²) >= 11 is 2.39. The monoisotopic (exact) mass is 952 g/mol. The second-order valence-electron chi connectivity index (χ2n) is 13.5. The van der Waals surface area contributed by atoms with Crippen LogP contribution in [0, 0.1) is 0 Å². The van der Waals surface area contributed by atoms with Crippen molar-refractivity contribution in [3.05, 3.63) is 180 Å². The topological polar surface area (TPSA) is 149 Å². The van der Waals surface area contributed by atoms with Gasteiger partial charge in [-0.05, 0) is 47.5 Å². The van der Waals surface area contributed by atoms with Crippen LogP contribution < -0.4 is 50.9 Å². The van der Waals surface area contributed by atoms with Gasteiger partial charge in [-0.2, -0.15) is 9.36 Å². The highest BCUT2D eigenvalue weighted by molar-refractivity contribution is 8.00. The summed E-state index contributed by atoms with van der Waals surface area (Å²) in [6.07, 6.45) is -0.301. The molecule has 2 atom stereocenters. The number of nitrogens with zero attached hydrogens (tertiary/aromatic N) is 4. The summed E-state index contributed by atoms with van der Waals surface area (Å²) in [6, 6.07) is 49.2. The van der Waals surface area contributed by atoms with Crippen LogP contribution in [0.1, 0.15) is 23.1 Å². The Morgan fingerprint density at radius 1 is 0.831 bits per heavy atom. The van der Waals surface area contributed by atoms with E-state index in [-0.39, 0.29) is 46.3 Å². The fourth-order valence-electron chi connectivity index (χ4n) is 7.41. The highest BCUT2D eigenvalue weighted by Gasteiger charge is 2.57. The number of ether oxygens (including phenoxy) is 1. The number of oxime groups is 1. The molecule has 2 amide bonds. The van der Waals surface area contributed by atoms with Crippen LogP contribution in [0.5, 0.6) is 0 Å². The first kappa shape index (κ1) is 41.7. The van der Waals surface area contributed by atoms with Gasteiger partial charge in [0.15, 0.2) is 11.2 Å². The summed E-state index contributed by atoms with van der Waals surface area (Å²) < 4.78 is 10.6. The third-order valence-corrected chi connectivity index (χ3v) is 16.3. The van der Waals surface area contributed by atoms with E-state index in [1.807, 2.05) is 115 Å². The van der Waals surface area contributed by atoms with E-state index in [4.69, 9.17) is 15.3 Å². The number of nitrogens with one attached hydrogen (secondary N) is 1. The lowest BCUT2D eigenvalue weighted by molar-refractivity contribution is -0.154. The maximum Gasteiger partial charge on any atom is 0.356 e. The molecule has 1 fully saturated rings. The molecule has 3 heterocycles. The Hall–Kier alpha value is -5.41. The Morgan fingerprint density at radius 3 is 1.78 bits per heavy atom. The summed E-state index contributed by atoms with van der Waals surface area (Å²) in [5, 5.41) is 9.56. The molecule has 1 saturated heterocycles. The Labute approximate surface area is 367 Å². The summed E-state index contributed by atoms with van der Waals surface area (Å²) in [5.41, 5.74) is 8.09. The molecule has 2 aliphatic rings. The molecule has 2 aliphatic heterocycles. The van der Waals surface area contributed by atoms with Crippen molar-refractivity contribution in [1.82, 2.24) is 19.6 Å². The van der Waals surface area contributed by atoms with E-state index in [1.165, 1.54) is 23.8 Å². The van der Waals surface area contributed by atoms with E-state index >= 15 is 4.79 Å². The fourth-order valence-corrected chi connectivity index (χ4v) is 13.7. The van der Waals surface area contributed by atoms with Crippen molar-refractivity contribution in [1.29, 1.82) is 0 Å². The van der Waals surface area contributed by atoms with Crippen molar-refractivity contribution in [2.75, 3.05) is 24.8 Å². The third kappa shape index (κ3) is 8.40. The summed E-state index contributed by atoms with van der Waals surface area (Å²) in [7, 11) is -1.23. The van der Waals surface area contributed by atoms with E-state index < -0.39 is 42.6 Å². The van der Waals surface area contributed by atoms with Gasteiger partial charge in [0.1, 0.15) is 47.4 Å². The molecule has 5 aromatic carbocycles. The summed E-state index contributed by atoms with van der Waals surface area (Å²) in [4.78, 5) is 53.7. The summed E-state index contributed by atoms with van der Waals surface area (Å²) in [5.74, 6) is -1.44. The van der Waals surface area contributed by atoms with Gasteiger partial charge in [-0.3, -0.25) is 14.5 Å². The minimum atomic E-state index is -2.52. The zero-order valence-corrected chi connectivity index (χ0v) is 36.3. The highest BCUT2D eigenvalue weighted by Crippen LogP contribution is 2.58. The lowest BCUT2D eigenvalue weighted by atomic mass is 10.0. The molecule has 1 aromatic heterocycles. The molecule has 0 bridgehead atoms. The van der Waals surface area contributed by atoms with E-state index in [0.717, 1.165) is 44.1 Å². The molecular formula is C44H38IN6O5PS2. The molecule has 298 valence electrons. The number of carbonyl (C=O) groups is 3. The van der Waals surface area contributed by atoms with Crippen molar-refractivity contribution < 1.29 is 47.9 Å². The maximum absolute atomic E-state index is 15.1. The van der Waals surface area contributed by atoms with Gasteiger partial charge in [0, 0.05) is 22.9 Å². The highest BCUT2D eigenvalue weighted by atomic mass is 127. The molecule has 1 unspecified atom stereocenters. The average molecular weight is 953 g/mol. The Kier molecular flexibility index (Phi) is 13.2. The molecule has 0 radical (unpaired) electrons. The number of amides is 2. The minimum absolute atomic E-state index is 0. The van der Waals surface area contributed by atoms with Crippen molar-refractivity contribution in [2.45, 2.75) is 17.5 Å². The van der Waals surface area contributed by atoms with Gasteiger partial charge in [0.2, 0.25) is 11.5 Å². The van der Waals surface area contributed by atoms with Crippen LogP contribution in [-0.2, 0) is 24.0 Å². The van der Waals surface area contributed by atoms with Gasteiger partial charge in [-0.15, -0.1) is 11.8 Å². The lowest BCUT2D eigenvalue weighted by Gasteiger charge is -2.50. The number of nitrogens with two attached hydrogens (primary N) is 1. The van der Waals surface area contributed by atoms with E-state index in [9.17, 15) is 9.59 Å². The predicted octanol–water partition coefficient (Wildman–Crippen LogP) is 2.46. The zero-order valence-electron chi connectivity index (χ0n) is 31.6. The number of hydrogen-bond acceptors (Lipinski definition) is 11. The number of benzene rings is 5. The van der Waals surface area contributed by atoms with E-state index in [2.05, 4.69) is 56.2 Å². The van der Waals surface area contributed by atoms with Gasteiger partial charge in [0.05, 0.1) is 6.16 Å². The third-order valence-electron chi connectivity index (χ3n) is 10.0. The molecule has 59 heavy (non-hydrogen) atoms.